The van der Waals surface area contributed by atoms with E-state index in [0.717, 1.165) is 36.6 Å². The van der Waals surface area contributed by atoms with Gasteiger partial charge in [0.05, 0.1) is 7.11 Å². The summed E-state index contributed by atoms with van der Waals surface area (Å²) in [6, 6.07) is 13.0. The van der Waals surface area contributed by atoms with Gasteiger partial charge >= 0.3 is 0 Å². The number of nitrogen functional groups attached to an aromatic ring is 1. The lowest BCUT2D eigenvalue weighted by Crippen LogP contribution is -2.46. The molecule has 2 heterocycles. The maximum Gasteiger partial charge on any atom is 0.300 e. The maximum atomic E-state index is 14.1. The van der Waals surface area contributed by atoms with Crippen LogP contribution in [0.15, 0.2) is 59.3 Å². The van der Waals surface area contributed by atoms with Crippen molar-refractivity contribution < 1.29 is 23.6 Å². The van der Waals surface area contributed by atoms with E-state index in [1.165, 1.54) is 12.0 Å². The number of primary amides is 1. The van der Waals surface area contributed by atoms with Gasteiger partial charge in [0.2, 0.25) is 11.7 Å². The largest absolute Gasteiger partial charge is 0.497 e. The molecule has 0 aliphatic heterocycles. The lowest BCUT2D eigenvalue weighted by Gasteiger charge is -2.31. The fourth-order valence-corrected chi connectivity index (χ4v) is 4.93. The highest BCUT2D eigenvalue weighted by Gasteiger charge is 2.39. The molecule has 0 bridgehead atoms. The van der Waals surface area contributed by atoms with E-state index >= 15 is 0 Å². The molecular formula is C27H28N6O5. The highest BCUT2D eigenvalue weighted by molar-refractivity contribution is 6.13. The molecule has 0 saturated heterocycles. The summed E-state index contributed by atoms with van der Waals surface area (Å²) in [4.78, 5) is 44.4. The predicted molar refractivity (Wildman–Crippen MR) is 141 cm³/mol. The Kier molecular flexibility index (Phi) is 6.73. The second-order valence-corrected chi connectivity index (χ2v) is 9.19. The number of para-hydroxylation sites is 1. The summed E-state index contributed by atoms with van der Waals surface area (Å²) in [5.74, 6) is -1.89. The summed E-state index contributed by atoms with van der Waals surface area (Å²) in [6.07, 6.45) is 5.48. The van der Waals surface area contributed by atoms with E-state index in [-0.39, 0.29) is 23.3 Å². The van der Waals surface area contributed by atoms with Crippen molar-refractivity contribution in [1.82, 2.24) is 15.5 Å². The Hall–Kier alpha value is -4.80. The molecule has 38 heavy (non-hydrogen) atoms. The first-order chi connectivity index (χ1) is 18.4. The van der Waals surface area contributed by atoms with Gasteiger partial charge in [0.1, 0.15) is 17.5 Å². The van der Waals surface area contributed by atoms with Crippen molar-refractivity contribution in [3.63, 3.8) is 0 Å². The number of anilines is 2. The topological polar surface area (TPSA) is 170 Å². The first-order valence-corrected chi connectivity index (χ1v) is 12.3. The maximum absolute atomic E-state index is 14.1. The summed E-state index contributed by atoms with van der Waals surface area (Å²) in [7, 11) is 1.53. The number of carbonyl (C=O) groups is 3. The molecule has 196 valence electrons. The van der Waals surface area contributed by atoms with Crippen molar-refractivity contribution in [3.05, 3.63) is 71.7 Å². The number of nitrogens with two attached hydrogens (primary N) is 2. The van der Waals surface area contributed by atoms with Gasteiger partial charge in [-0.05, 0) is 43.2 Å². The van der Waals surface area contributed by atoms with Crippen molar-refractivity contribution in [2.75, 3.05) is 17.7 Å². The second-order valence-electron chi connectivity index (χ2n) is 9.19. The van der Waals surface area contributed by atoms with Gasteiger partial charge < -0.3 is 31.0 Å². The number of fused-ring (bicyclic) bond motifs is 1. The molecule has 0 spiro atoms. The van der Waals surface area contributed by atoms with Gasteiger partial charge in [-0.25, -0.2) is 0 Å². The van der Waals surface area contributed by atoms with E-state index in [1.807, 2.05) is 24.3 Å². The quantitative estimate of drug-likeness (QED) is 0.278. The summed E-state index contributed by atoms with van der Waals surface area (Å²) in [6.45, 7) is 0. The van der Waals surface area contributed by atoms with Crippen molar-refractivity contribution >= 4 is 40.0 Å². The number of hydrogen-bond donors (Lipinski definition) is 4. The molecule has 11 heteroatoms. The number of nitrogens with zero attached hydrogens (tertiary/aromatic N) is 2. The number of benzene rings is 2. The van der Waals surface area contributed by atoms with Gasteiger partial charge in [-0.3, -0.25) is 19.3 Å². The zero-order chi connectivity index (χ0) is 26.8. The zero-order valence-electron chi connectivity index (χ0n) is 20.8. The molecule has 1 unspecified atom stereocenters. The van der Waals surface area contributed by atoms with Crippen molar-refractivity contribution in [2.45, 2.75) is 37.8 Å². The smallest absolute Gasteiger partial charge is 0.300 e. The minimum Gasteiger partial charge on any atom is -0.497 e. The Bertz CT molecular complexity index is 1490. The minimum atomic E-state index is -1.12. The number of methoxy groups -OCH3 is 1. The number of aromatic amines is 1. The molecule has 1 fully saturated rings. The van der Waals surface area contributed by atoms with Crippen LogP contribution in [-0.2, 0) is 4.79 Å². The standard InChI is InChI=1S/C27H28N6O5/c1-37-17-12-10-16(11-13-17)33(27(36)24-21(28)22(25(29)34)32-38-24)23(26(35)31-15-6-2-3-7-15)19-14-30-20-9-5-4-8-18(19)20/h4-5,8-15,23,30H,2-3,6-7,28H2,1H3,(H2,29,34)(H,31,35). The van der Waals surface area contributed by atoms with E-state index in [0.29, 0.717) is 17.0 Å². The third kappa shape index (κ3) is 4.54. The summed E-state index contributed by atoms with van der Waals surface area (Å²) in [5.41, 5.74) is 12.5. The van der Waals surface area contributed by atoms with Crippen LogP contribution in [0.3, 0.4) is 0 Å². The number of carbonyl (C=O) groups excluding carboxylic acids is 3. The van der Waals surface area contributed by atoms with Gasteiger partial charge in [-0.1, -0.05) is 36.2 Å². The molecular weight excluding hydrogens is 488 g/mol. The fourth-order valence-electron chi connectivity index (χ4n) is 4.93. The first-order valence-electron chi connectivity index (χ1n) is 12.3. The number of rotatable bonds is 8. The molecule has 6 N–H and O–H groups in total. The molecule has 4 aromatic rings. The summed E-state index contributed by atoms with van der Waals surface area (Å²) < 4.78 is 10.5. The van der Waals surface area contributed by atoms with Crippen LogP contribution in [0.1, 0.15) is 58.3 Å². The molecule has 11 nitrogen and oxygen atoms in total. The molecule has 1 atom stereocenters. The van der Waals surface area contributed by atoms with Crippen LogP contribution in [0.4, 0.5) is 11.4 Å². The van der Waals surface area contributed by atoms with E-state index in [4.69, 9.17) is 20.7 Å². The van der Waals surface area contributed by atoms with Crippen LogP contribution in [0.2, 0.25) is 0 Å². The van der Waals surface area contributed by atoms with E-state index in [9.17, 15) is 14.4 Å². The highest BCUT2D eigenvalue weighted by Crippen LogP contribution is 2.36. The third-order valence-electron chi connectivity index (χ3n) is 6.85. The van der Waals surface area contributed by atoms with Crippen molar-refractivity contribution in [2.24, 2.45) is 5.73 Å². The SMILES string of the molecule is COc1ccc(N(C(=O)c2onc(C(N)=O)c2N)C(C(=O)NC2CCCC2)c2c[nH]c3ccccc23)cc1. The Balaban J connectivity index is 1.68. The van der Waals surface area contributed by atoms with E-state index in [1.54, 1.807) is 30.5 Å². The molecule has 0 radical (unpaired) electrons. The monoisotopic (exact) mass is 516 g/mol. The molecule has 2 aromatic heterocycles. The van der Waals surface area contributed by atoms with Crippen LogP contribution < -0.4 is 26.4 Å². The van der Waals surface area contributed by atoms with Crippen LogP contribution >= 0.6 is 0 Å². The van der Waals surface area contributed by atoms with Gasteiger partial charge in [0.25, 0.3) is 11.8 Å². The fraction of sp³-hybridized carbons (Fsp3) is 0.259. The van der Waals surface area contributed by atoms with Gasteiger partial charge in [-0.2, -0.15) is 0 Å². The zero-order valence-corrected chi connectivity index (χ0v) is 20.8. The Morgan fingerprint density at radius 3 is 2.50 bits per heavy atom. The Morgan fingerprint density at radius 1 is 1.13 bits per heavy atom. The van der Waals surface area contributed by atoms with E-state index in [2.05, 4.69) is 15.5 Å². The number of H-pyrrole nitrogens is 1. The molecule has 1 aliphatic carbocycles. The molecule has 3 amide bonds. The number of amides is 3. The normalized spacial score (nSPS) is 14.3. The number of aromatic nitrogens is 2. The van der Waals surface area contributed by atoms with Crippen LogP contribution in [0.25, 0.3) is 10.9 Å². The lowest BCUT2D eigenvalue weighted by atomic mass is 10.0. The third-order valence-corrected chi connectivity index (χ3v) is 6.85. The number of hydrogen-bond acceptors (Lipinski definition) is 7. The van der Waals surface area contributed by atoms with Crippen LogP contribution in [0.5, 0.6) is 5.75 Å². The predicted octanol–water partition coefficient (Wildman–Crippen LogP) is 3.29. The van der Waals surface area contributed by atoms with Crippen molar-refractivity contribution in [3.8, 4) is 5.75 Å². The van der Waals surface area contributed by atoms with Gasteiger partial charge in [0.15, 0.2) is 5.69 Å². The highest BCUT2D eigenvalue weighted by atomic mass is 16.5. The van der Waals surface area contributed by atoms with Gasteiger partial charge in [-0.15, -0.1) is 0 Å². The lowest BCUT2D eigenvalue weighted by molar-refractivity contribution is -0.123. The van der Waals surface area contributed by atoms with Crippen molar-refractivity contribution in [1.29, 1.82) is 0 Å². The average Bonchev–Trinajstić information content (AvgIpc) is 3.67. The molecule has 2 aromatic carbocycles. The number of nitrogens with one attached hydrogen (secondary N) is 2. The summed E-state index contributed by atoms with van der Waals surface area (Å²) >= 11 is 0. The first kappa shape index (κ1) is 24.9. The molecule has 1 aliphatic rings. The Labute approximate surface area is 218 Å². The Morgan fingerprint density at radius 2 is 1.84 bits per heavy atom. The molecule has 1 saturated carbocycles. The van der Waals surface area contributed by atoms with Crippen LogP contribution in [-0.4, -0.2) is 41.0 Å². The minimum absolute atomic E-state index is 0.000149. The average molecular weight is 517 g/mol. The molecule has 5 rings (SSSR count). The number of ether oxygens (including phenoxy) is 1. The van der Waals surface area contributed by atoms with Crippen LogP contribution in [0, 0.1) is 0 Å². The summed E-state index contributed by atoms with van der Waals surface area (Å²) in [5, 5.41) is 7.49. The van der Waals surface area contributed by atoms with Gasteiger partial charge in [0, 0.05) is 34.4 Å². The second kappa shape index (κ2) is 10.3. The van der Waals surface area contributed by atoms with E-state index < -0.39 is 23.6 Å².